The van der Waals surface area contributed by atoms with Gasteiger partial charge in [-0.2, -0.15) is 0 Å². The summed E-state index contributed by atoms with van der Waals surface area (Å²) in [5, 5.41) is 5.09. The maximum atomic E-state index is 11.7. The van der Waals surface area contributed by atoms with Gasteiger partial charge in [-0.05, 0) is 32.9 Å². The largest absolute Gasteiger partial charge is 0.454 e. The molecule has 1 aromatic carbocycles. The van der Waals surface area contributed by atoms with Crippen molar-refractivity contribution in [3.8, 4) is 0 Å². The summed E-state index contributed by atoms with van der Waals surface area (Å²) in [6, 6.07) is 8.52. The van der Waals surface area contributed by atoms with Crippen molar-refractivity contribution in [3.63, 3.8) is 0 Å². The maximum Gasteiger partial charge on any atom is 0.325 e. The Morgan fingerprint density at radius 3 is 2.29 bits per heavy atom. The molecule has 0 spiro atoms. The average molecular weight is 292 g/mol. The van der Waals surface area contributed by atoms with Crippen molar-refractivity contribution in [2.24, 2.45) is 0 Å². The summed E-state index contributed by atoms with van der Waals surface area (Å²) in [6.07, 6.45) is 0. The van der Waals surface area contributed by atoms with E-state index in [4.69, 9.17) is 4.74 Å². The number of benzene rings is 1. The third-order valence-electron chi connectivity index (χ3n) is 2.31. The van der Waals surface area contributed by atoms with Gasteiger partial charge in [-0.3, -0.25) is 14.4 Å². The van der Waals surface area contributed by atoms with Crippen LogP contribution in [-0.2, 0) is 14.3 Å². The number of nitrogens with one attached hydrogen (secondary N) is 2. The Kier molecular flexibility index (Phi) is 5.90. The molecule has 0 atom stereocenters. The molecule has 0 aliphatic carbocycles. The minimum absolute atomic E-state index is 0.281. The molecule has 0 bridgehead atoms. The van der Waals surface area contributed by atoms with Crippen molar-refractivity contribution in [1.82, 2.24) is 10.6 Å². The fourth-order valence-corrected chi connectivity index (χ4v) is 1.50. The van der Waals surface area contributed by atoms with Crippen LogP contribution in [0.25, 0.3) is 0 Å². The van der Waals surface area contributed by atoms with Crippen LogP contribution < -0.4 is 10.6 Å². The van der Waals surface area contributed by atoms with E-state index < -0.39 is 5.97 Å². The van der Waals surface area contributed by atoms with Crippen LogP contribution in [0.4, 0.5) is 0 Å². The van der Waals surface area contributed by atoms with Gasteiger partial charge in [-0.25, -0.2) is 0 Å². The smallest absolute Gasteiger partial charge is 0.325 e. The third-order valence-corrected chi connectivity index (χ3v) is 2.31. The topological polar surface area (TPSA) is 84.5 Å². The van der Waals surface area contributed by atoms with Crippen LogP contribution in [0.2, 0.25) is 0 Å². The molecule has 0 heterocycles. The Balaban J connectivity index is 2.29. The van der Waals surface area contributed by atoms with Gasteiger partial charge in [0.2, 0.25) is 0 Å². The molecule has 0 radical (unpaired) electrons. The van der Waals surface area contributed by atoms with Crippen LogP contribution in [0.5, 0.6) is 0 Å². The van der Waals surface area contributed by atoms with Crippen molar-refractivity contribution in [3.05, 3.63) is 35.9 Å². The predicted molar refractivity (Wildman–Crippen MR) is 77.6 cm³/mol. The molecule has 0 saturated carbocycles. The van der Waals surface area contributed by atoms with Crippen molar-refractivity contribution in [1.29, 1.82) is 0 Å². The van der Waals surface area contributed by atoms with E-state index in [0.29, 0.717) is 5.56 Å². The zero-order valence-corrected chi connectivity index (χ0v) is 12.4. The summed E-state index contributed by atoms with van der Waals surface area (Å²) in [7, 11) is 0. The number of amides is 2. The van der Waals surface area contributed by atoms with Crippen molar-refractivity contribution in [2.75, 3.05) is 13.2 Å². The summed E-state index contributed by atoms with van der Waals surface area (Å²) >= 11 is 0. The second-order valence-corrected chi connectivity index (χ2v) is 5.51. The van der Waals surface area contributed by atoms with Crippen LogP contribution in [0, 0.1) is 0 Å². The number of hydrogen-bond acceptors (Lipinski definition) is 4. The van der Waals surface area contributed by atoms with Crippen molar-refractivity contribution >= 4 is 17.8 Å². The van der Waals surface area contributed by atoms with Gasteiger partial charge in [0.15, 0.2) is 6.61 Å². The number of carbonyl (C=O) groups is 3. The highest BCUT2D eigenvalue weighted by atomic mass is 16.5. The average Bonchev–Trinajstić information content (AvgIpc) is 2.41. The lowest BCUT2D eigenvalue weighted by atomic mass is 10.1. The first-order chi connectivity index (χ1) is 9.78. The van der Waals surface area contributed by atoms with Gasteiger partial charge in [0.25, 0.3) is 11.8 Å². The summed E-state index contributed by atoms with van der Waals surface area (Å²) in [6.45, 7) is 4.83. The fraction of sp³-hybridized carbons (Fsp3) is 0.400. The third kappa shape index (κ3) is 7.10. The molecule has 0 aliphatic heterocycles. The minimum Gasteiger partial charge on any atom is -0.454 e. The highest BCUT2D eigenvalue weighted by Crippen LogP contribution is 1.98. The first-order valence-corrected chi connectivity index (χ1v) is 6.58. The molecular formula is C15H20N2O4. The van der Waals surface area contributed by atoms with E-state index in [0.717, 1.165) is 0 Å². The molecule has 2 amide bonds. The van der Waals surface area contributed by atoms with Gasteiger partial charge >= 0.3 is 5.97 Å². The first kappa shape index (κ1) is 16.7. The number of carbonyl (C=O) groups excluding carboxylic acids is 3. The highest BCUT2D eigenvalue weighted by molar-refractivity contribution is 5.96. The second kappa shape index (κ2) is 7.42. The second-order valence-electron chi connectivity index (χ2n) is 5.51. The molecule has 6 nitrogen and oxygen atoms in total. The van der Waals surface area contributed by atoms with Crippen molar-refractivity contribution in [2.45, 2.75) is 26.3 Å². The Hall–Kier alpha value is -2.37. The van der Waals surface area contributed by atoms with E-state index in [1.807, 2.05) is 20.8 Å². The van der Waals surface area contributed by atoms with E-state index in [-0.39, 0.29) is 30.5 Å². The van der Waals surface area contributed by atoms with E-state index >= 15 is 0 Å². The van der Waals surface area contributed by atoms with Gasteiger partial charge in [0.05, 0.1) is 0 Å². The Bertz CT molecular complexity index is 506. The van der Waals surface area contributed by atoms with Gasteiger partial charge in [-0.1, -0.05) is 18.2 Å². The van der Waals surface area contributed by atoms with E-state index in [1.54, 1.807) is 30.3 Å². The SMILES string of the molecule is CC(C)(C)NC(=O)COC(=O)CNC(=O)c1ccccc1. The predicted octanol–water partition coefficient (Wildman–Crippen LogP) is 0.874. The Labute approximate surface area is 123 Å². The molecule has 1 rings (SSSR count). The van der Waals surface area contributed by atoms with Gasteiger partial charge < -0.3 is 15.4 Å². The molecule has 21 heavy (non-hydrogen) atoms. The minimum atomic E-state index is -0.664. The zero-order valence-electron chi connectivity index (χ0n) is 12.4. The zero-order chi connectivity index (χ0) is 15.9. The Morgan fingerprint density at radius 2 is 1.71 bits per heavy atom. The van der Waals surface area contributed by atoms with Crippen molar-refractivity contribution < 1.29 is 19.1 Å². The normalized spacial score (nSPS) is 10.6. The molecule has 0 fully saturated rings. The lowest BCUT2D eigenvalue weighted by molar-refractivity contribution is -0.147. The van der Waals surface area contributed by atoms with E-state index in [1.165, 1.54) is 0 Å². The number of ether oxygens (including phenoxy) is 1. The molecule has 0 aromatic heterocycles. The van der Waals surface area contributed by atoms with Gasteiger partial charge in [0, 0.05) is 11.1 Å². The molecule has 0 aliphatic rings. The molecule has 6 heteroatoms. The number of hydrogen-bond donors (Lipinski definition) is 2. The number of esters is 1. The standard InChI is InChI=1S/C15H20N2O4/c1-15(2,3)17-12(18)10-21-13(19)9-16-14(20)11-7-5-4-6-8-11/h4-8H,9-10H2,1-3H3,(H,16,20)(H,17,18). The monoisotopic (exact) mass is 292 g/mol. The quantitative estimate of drug-likeness (QED) is 0.789. The molecule has 114 valence electrons. The summed E-state index contributed by atoms with van der Waals surface area (Å²) in [5.41, 5.74) is 0.0705. The van der Waals surface area contributed by atoms with Crippen LogP contribution >= 0.6 is 0 Å². The van der Waals surface area contributed by atoms with Gasteiger partial charge in [-0.15, -0.1) is 0 Å². The molecule has 0 saturated heterocycles. The van der Waals surface area contributed by atoms with Crippen LogP contribution in [-0.4, -0.2) is 36.5 Å². The lowest BCUT2D eigenvalue weighted by Crippen LogP contribution is -2.43. The fourth-order valence-electron chi connectivity index (χ4n) is 1.50. The van der Waals surface area contributed by atoms with Crippen LogP contribution in [0.3, 0.4) is 0 Å². The molecule has 0 unspecified atom stereocenters. The lowest BCUT2D eigenvalue weighted by Gasteiger charge is -2.20. The number of rotatable bonds is 5. The highest BCUT2D eigenvalue weighted by Gasteiger charge is 2.15. The van der Waals surface area contributed by atoms with E-state index in [9.17, 15) is 14.4 Å². The molecular weight excluding hydrogens is 272 g/mol. The summed E-state index contributed by atoms with van der Waals surface area (Å²) in [5.74, 6) is -1.42. The maximum absolute atomic E-state index is 11.7. The molecule has 2 N–H and O–H groups in total. The molecule has 1 aromatic rings. The van der Waals surface area contributed by atoms with Crippen LogP contribution in [0.1, 0.15) is 31.1 Å². The van der Waals surface area contributed by atoms with Crippen LogP contribution in [0.15, 0.2) is 30.3 Å². The first-order valence-electron chi connectivity index (χ1n) is 6.58. The Morgan fingerprint density at radius 1 is 1.10 bits per heavy atom. The van der Waals surface area contributed by atoms with Gasteiger partial charge in [0.1, 0.15) is 6.54 Å². The van der Waals surface area contributed by atoms with E-state index in [2.05, 4.69) is 10.6 Å². The summed E-state index contributed by atoms with van der Waals surface area (Å²) < 4.78 is 4.77. The summed E-state index contributed by atoms with van der Waals surface area (Å²) in [4.78, 5) is 34.6.